The van der Waals surface area contributed by atoms with E-state index in [1.54, 1.807) is 0 Å². The molecule has 0 spiro atoms. The summed E-state index contributed by atoms with van der Waals surface area (Å²) >= 11 is 0. The molecule has 1 aliphatic heterocycles. The van der Waals surface area contributed by atoms with Crippen molar-refractivity contribution in [2.45, 2.75) is 13.0 Å². The van der Waals surface area contributed by atoms with Crippen LogP contribution in [-0.4, -0.2) is 47.0 Å². The lowest BCUT2D eigenvalue weighted by molar-refractivity contribution is -0.130. The van der Waals surface area contributed by atoms with E-state index in [9.17, 15) is 9.59 Å². The van der Waals surface area contributed by atoms with Crippen LogP contribution in [-0.2, 0) is 11.3 Å². The van der Waals surface area contributed by atoms with Crippen molar-refractivity contribution in [1.82, 2.24) is 19.8 Å². The molecular weight excluding hydrogens is 268 g/mol. The summed E-state index contributed by atoms with van der Waals surface area (Å²) in [5.74, 6) is 0.527. The van der Waals surface area contributed by atoms with Crippen LogP contribution in [0.3, 0.4) is 0 Å². The van der Waals surface area contributed by atoms with Crippen molar-refractivity contribution < 1.29 is 4.79 Å². The number of imidazole rings is 1. The number of benzene rings is 1. The highest BCUT2D eigenvalue weighted by atomic mass is 16.2. The molecule has 6 heteroatoms. The Morgan fingerprint density at radius 3 is 3.05 bits per heavy atom. The van der Waals surface area contributed by atoms with Crippen LogP contribution in [0, 0.1) is 5.92 Å². The van der Waals surface area contributed by atoms with E-state index in [1.807, 2.05) is 36.2 Å². The zero-order valence-electron chi connectivity index (χ0n) is 12.1. The molecule has 0 saturated carbocycles. The maximum atomic E-state index is 12.4. The summed E-state index contributed by atoms with van der Waals surface area (Å²) in [5, 5.41) is 3.15. The van der Waals surface area contributed by atoms with Gasteiger partial charge in [-0.05, 0) is 38.1 Å². The fourth-order valence-corrected chi connectivity index (χ4v) is 3.01. The van der Waals surface area contributed by atoms with Gasteiger partial charge in [-0.3, -0.25) is 9.36 Å². The summed E-state index contributed by atoms with van der Waals surface area (Å²) in [4.78, 5) is 29.0. The molecule has 1 fully saturated rings. The third kappa shape index (κ3) is 2.71. The van der Waals surface area contributed by atoms with Crippen molar-refractivity contribution in [3.8, 4) is 0 Å². The van der Waals surface area contributed by atoms with Crippen molar-refractivity contribution in [1.29, 1.82) is 0 Å². The minimum Gasteiger partial charge on any atom is -0.341 e. The van der Waals surface area contributed by atoms with Gasteiger partial charge in [0.25, 0.3) is 0 Å². The number of aromatic nitrogens is 2. The molecule has 0 bridgehead atoms. The van der Waals surface area contributed by atoms with Gasteiger partial charge in [-0.25, -0.2) is 4.79 Å². The lowest BCUT2D eigenvalue weighted by atomic mass is 10.1. The fourth-order valence-electron chi connectivity index (χ4n) is 3.01. The number of likely N-dealkylation sites (tertiary alicyclic amines) is 1. The number of H-pyrrole nitrogens is 1. The second kappa shape index (κ2) is 5.73. The fraction of sp³-hybridized carbons (Fsp3) is 0.467. The second-order valence-electron chi connectivity index (χ2n) is 5.59. The number of amides is 1. The Hall–Kier alpha value is -2.08. The molecular formula is C15H20N4O2. The standard InChI is InChI=1S/C15H20N4O2/c1-16-8-11-6-7-18(9-11)14(20)10-19-13-5-3-2-4-12(13)17-15(19)21/h2-5,11,16H,6-10H2,1H3,(H,17,21). The number of aromatic amines is 1. The molecule has 6 nitrogen and oxygen atoms in total. The summed E-state index contributed by atoms with van der Waals surface area (Å²) in [6.45, 7) is 2.59. The molecule has 2 heterocycles. The highest BCUT2D eigenvalue weighted by molar-refractivity contribution is 5.80. The number of carbonyl (C=O) groups is 1. The highest BCUT2D eigenvalue weighted by Crippen LogP contribution is 2.16. The molecule has 1 aliphatic rings. The number of hydrogen-bond acceptors (Lipinski definition) is 3. The Kier molecular flexibility index (Phi) is 3.79. The molecule has 0 aliphatic carbocycles. The third-order valence-electron chi connectivity index (χ3n) is 4.11. The van der Waals surface area contributed by atoms with E-state index < -0.39 is 0 Å². The summed E-state index contributed by atoms with van der Waals surface area (Å²) < 4.78 is 1.52. The van der Waals surface area contributed by atoms with Gasteiger partial charge in [0.05, 0.1) is 11.0 Å². The maximum absolute atomic E-state index is 12.4. The Morgan fingerprint density at radius 1 is 1.43 bits per heavy atom. The first kappa shape index (κ1) is 13.9. The molecule has 1 amide bonds. The number of nitrogens with one attached hydrogen (secondary N) is 2. The number of hydrogen-bond donors (Lipinski definition) is 2. The van der Waals surface area contributed by atoms with Gasteiger partial charge in [-0.15, -0.1) is 0 Å². The quantitative estimate of drug-likeness (QED) is 0.855. The average Bonchev–Trinajstić information content (AvgIpc) is 3.05. The van der Waals surface area contributed by atoms with E-state index in [1.165, 1.54) is 4.57 Å². The molecule has 3 rings (SSSR count). The molecule has 1 aromatic carbocycles. The van der Waals surface area contributed by atoms with Crippen LogP contribution in [0.4, 0.5) is 0 Å². The van der Waals surface area contributed by atoms with Gasteiger partial charge in [0.15, 0.2) is 0 Å². The Balaban J connectivity index is 1.75. The normalized spacial score (nSPS) is 18.5. The first-order valence-electron chi connectivity index (χ1n) is 7.29. The van der Waals surface area contributed by atoms with Crippen molar-refractivity contribution >= 4 is 16.9 Å². The lowest BCUT2D eigenvalue weighted by Gasteiger charge is -2.16. The SMILES string of the molecule is CNCC1CCN(C(=O)Cn2c(=O)[nH]c3ccccc32)C1. The van der Waals surface area contributed by atoms with Gasteiger partial charge >= 0.3 is 5.69 Å². The van der Waals surface area contributed by atoms with E-state index in [4.69, 9.17) is 0 Å². The van der Waals surface area contributed by atoms with Crippen molar-refractivity contribution in [2.24, 2.45) is 5.92 Å². The van der Waals surface area contributed by atoms with Crippen molar-refractivity contribution in [2.75, 3.05) is 26.7 Å². The second-order valence-corrected chi connectivity index (χ2v) is 5.59. The van der Waals surface area contributed by atoms with Crippen LogP contribution >= 0.6 is 0 Å². The minimum absolute atomic E-state index is 0.0143. The monoisotopic (exact) mass is 288 g/mol. The smallest absolute Gasteiger partial charge is 0.326 e. The van der Waals surface area contributed by atoms with Gasteiger partial charge < -0.3 is 15.2 Å². The van der Waals surface area contributed by atoms with E-state index in [0.29, 0.717) is 5.92 Å². The molecule has 112 valence electrons. The average molecular weight is 288 g/mol. The predicted octanol–water partition coefficient (Wildman–Crippen LogP) is 0.398. The molecule has 1 saturated heterocycles. The van der Waals surface area contributed by atoms with E-state index >= 15 is 0 Å². The molecule has 2 aromatic rings. The number of fused-ring (bicyclic) bond motifs is 1. The molecule has 2 N–H and O–H groups in total. The van der Waals surface area contributed by atoms with E-state index in [2.05, 4.69) is 10.3 Å². The highest BCUT2D eigenvalue weighted by Gasteiger charge is 2.26. The van der Waals surface area contributed by atoms with Crippen LogP contribution in [0.1, 0.15) is 6.42 Å². The maximum Gasteiger partial charge on any atom is 0.326 e. The predicted molar refractivity (Wildman–Crippen MR) is 81.2 cm³/mol. The van der Waals surface area contributed by atoms with Gasteiger partial charge in [0, 0.05) is 13.1 Å². The first-order chi connectivity index (χ1) is 10.2. The zero-order chi connectivity index (χ0) is 14.8. The van der Waals surface area contributed by atoms with Crippen LogP contribution in [0.25, 0.3) is 11.0 Å². The third-order valence-corrected chi connectivity index (χ3v) is 4.11. The summed E-state index contributed by atoms with van der Waals surface area (Å²) in [6.07, 6.45) is 1.02. The van der Waals surface area contributed by atoms with Crippen LogP contribution < -0.4 is 11.0 Å². The summed E-state index contributed by atoms with van der Waals surface area (Å²) in [5.41, 5.74) is 1.32. The topological polar surface area (TPSA) is 70.1 Å². The van der Waals surface area contributed by atoms with Crippen LogP contribution in [0.5, 0.6) is 0 Å². The molecule has 1 unspecified atom stereocenters. The Morgan fingerprint density at radius 2 is 2.24 bits per heavy atom. The molecule has 1 atom stereocenters. The Bertz CT molecular complexity index is 703. The zero-order valence-corrected chi connectivity index (χ0v) is 12.1. The number of nitrogens with zero attached hydrogens (tertiary/aromatic N) is 2. The lowest BCUT2D eigenvalue weighted by Crippen LogP contribution is -2.35. The minimum atomic E-state index is -0.226. The molecule has 21 heavy (non-hydrogen) atoms. The van der Waals surface area contributed by atoms with Gasteiger partial charge in [-0.2, -0.15) is 0 Å². The number of carbonyl (C=O) groups excluding carboxylic acids is 1. The number of para-hydroxylation sites is 2. The van der Waals surface area contributed by atoms with Crippen LogP contribution in [0.15, 0.2) is 29.1 Å². The van der Waals surface area contributed by atoms with E-state index in [-0.39, 0.29) is 18.1 Å². The van der Waals surface area contributed by atoms with Gasteiger partial charge in [0.1, 0.15) is 6.54 Å². The Labute approximate surface area is 122 Å². The van der Waals surface area contributed by atoms with Crippen molar-refractivity contribution in [3.05, 3.63) is 34.7 Å². The first-order valence-corrected chi connectivity index (χ1v) is 7.29. The molecule has 0 radical (unpaired) electrons. The summed E-state index contributed by atoms with van der Waals surface area (Å²) in [7, 11) is 1.93. The molecule has 1 aromatic heterocycles. The van der Waals surface area contributed by atoms with Gasteiger partial charge in [0.2, 0.25) is 5.91 Å². The largest absolute Gasteiger partial charge is 0.341 e. The number of rotatable bonds is 4. The van der Waals surface area contributed by atoms with Crippen LogP contribution in [0.2, 0.25) is 0 Å². The summed E-state index contributed by atoms with van der Waals surface area (Å²) in [6, 6.07) is 7.44. The van der Waals surface area contributed by atoms with E-state index in [0.717, 1.165) is 37.1 Å². The van der Waals surface area contributed by atoms with Gasteiger partial charge in [-0.1, -0.05) is 12.1 Å². The van der Waals surface area contributed by atoms with Crippen molar-refractivity contribution in [3.63, 3.8) is 0 Å².